The van der Waals surface area contributed by atoms with E-state index in [4.69, 9.17) is 18.5 Å². The molecule has 1 rings (SSSR count). The number of phosphoric ester groups is 1. The van der Waals surface area contributed by atoms with Gasteiger partial charge in [0.2, 0.25) is 0 Å². The van der Waals surface area contributed by atoms with Crippen molar-refractivity contribution in [1.82, 2.24) is 0 Å². The molecule has 0 bridgehead atoms. The minimum absolute atomic E-state index is 0.0879. The Bertz CT molecular complexity index is 1190. The number of carbonyl (C=O) groups excluding carboxylic acids is 1. The number of esters is 1. The zero-order chi connectivity index (χ0) is 44.8. The van der Waals surface area contributed by atoms with Crippen LogP contribution in [0.1, 0.15) is 187 Å². The van der Waals surface area contributed by atoms with Gasteiger partial charge >= 0.3 is 13.8 Å². The van der Waals surface area contributed by atoms with Gasteiger partial charge in [-0.15, -0.1) is 0 Å². The molecule has 0 amide bonds. The Balaban J connectivity index is 2.40. The third kappa shape index (κ3) is 30.9. The highest BCUT2D eigenvalue weighted by Gasteiger charge is 2.51. The topological polar surface area (TPSA) is 192 Å². The van der Waals surface area contributed by atoms with Crippen molar-refractivity contribution in [2.45, 2.75) is 230 Å². The SMILES string of the molecule is CCCCC/C=C\C/C=C\CCCCCCCCCC(=O)OC(COCCCCCCCC/C=C\C/C=C\CCCCCC)COP(=O)(O)OC1C(O)C(O)C(O)C(O)C1O. The molecule has 0 aliphatic heterocycles. The molecule has 0 saturated heterocycles. The Hall–Kier alpha value is -1.70. The number of unbranched alkanes of at least 4 members (excludes halogenated alkanes) is 20. The minimum Gasteiger partial charge on any atom is -0.457 e. The highest BCUT2D eigenvalue weighted by molar-refractivity contribution is 7.47. The van der Waals surface area contributed by atoms with Gasteiger partial charge in [0, 0.05) is 13.0 Å². The van der Waals surface area contributed by atoms with Gasteiger partial charge in [-0.05, 0) is 77.0 Å². The van der Waals surface area contributed by atoms with E-state index in [0.717, 1.165) is 83.5 Å². The maximum atomic E-state index is 12.8. The van der Waals surface area contributed by atoms with Gasteiger partial charge in [0.05, 0.1) is 13.2 Å². The van der Waals surface area contributed by atoms with Crippen LogP contribution >= 0.6 is 7.82 Å². The summed E-state index contributed by atoms with van der Waals surface area (Å²) in [4.78, 5) is 23.2. The van der Waals surface area contributed by atoms with Crippen LogP contribution in [0.4, 0.5) is 0 Å². The number of ether oxygens (including phenoxy) is 2. The largest absolute Gasteiger partial charge is 0.472 e. The van der Waals surface area contributed by atoms with E-state index < -0.39 is 63.1 Å². The molecule has 356 valence electrons. The number of aliphatic hydroxyl groups excluding tert-OH is 5. The summed E-state index contributed by atoms with van der Waals surface area (Å²) in [5, 5.41) is 50.2. The standard InChI is InChI=1S/C48H87O12P/c1-3-5-7-9-11-13-15-17-19-21-23-25-27-29-31-33-35-37-42(49)59-41(40-58-61(55,56)60-48-46(53)44(51)43(50)45(52)47(48)54)39-57-38-36-34-32-30-28-26-24-22-20-18-16-14-12-10-8-6-4-2/h11,13-14,16-17,19-20,22,41,43-48,50-54H,3-10,12,15,18,21,23-40H2,1-2H3,(H,55,56)/b13-11-,16-14-,19-17-,22-20-. The van der Waals surface area contributed by atoms with E-state index in [1.54, 1.807) is 0 Å². The Morgan fingerprint density at radius 3 is 1.41 bits per heavy atom. The third-order valence-electron chi connectivity index (χ3n) is 10.9. The maximum Gasteiger partial charge on any atom is 0.472 e. The van der Waals surface area contributed by atoms with Gasteiger partial charge < -0.3 is 39.9 Å². The van der Waals surface area contributed by atoms with Crippen LogP contribution in [0.5, 0.6) is 0 Å². The average Bonchev–Trinajstić information content (AvgIpc) is 3.24. The van der Waals surface area contributed by atoms with Crippen LogP contribution in [0.2, 0.25) is 0 Å². The molecule has 6 N–H and O–H groups in total. The fourth-order valence-electron chi connectivity index (χ4n) is 7.06. The van der Waals surface area contributed by atoms with Crippen molar-refractivity contribution in [1.29, 1.82) is 0 Å². The summed E-state index contributed by atoms with van der Waals surface area (Å²) in [6, 6.07) is 0. The molecule has 13 heteroatoms. The second kappa shape index (κ2) is 38.7. The van der Waals surface area contributed by atoms with E-state index in [0.29, 0.717) is 13.0 Å². The van der Waals surface area contributed by atoms with Crippen LogP contribution in [-0.4, -0.2) is 98.9 Å². The van der Waals surface area contributed by atoms with Crippen molar-refractivity contribution in [3.8, 4) is 0 Å². The van der Waals surface area contributed by atoms with Gasteiger partial charge in [0.25, 0.3) is 0 Å². The summed E-state index contributed by atoms with van der Waals surface area (Å²) >= 11 is 0. The van der Waals surface area contributed by atoms with Gasteiger partial charge in [0.15, 0.2) is 0 Å². The van der Waals surface area contributed by atoms with Crippen molar-refractivity contribution in [3.05, 3.63) is 48.6 Å². The van der Waals surface area contributed by atoms with Crippen molar-refractivity contribution in [2.75, 3.05) is 19.8 Å². The second-order valence-electron chi connectivity index (χ2n) is 16.6. The van der Waals surface area contributed by atoms with E-state index in [-0.39, 0.29) is 13.0 Å². The molecule has 0 radical (unpaired) electrons. The predicted octanol–water partition coefficient (Wildman–Crippen LogP) is 10.0. The van der Waals surface area contributed by atoms with Gasteiger partial charge in [0.1, 0.15) is 42.7 Å². The lowest BCUT2D eigenvalue weighted by Gasteiger charge is -2.41. The van der Waals surface area contributed by atoms with Crippen LogP contribution in [0.15, 0.2) is 48.6 Å². The Morgan fingerprint density at radius 1 is 0.525 bits per heavy atom. The molecule has 1 aliphatic rings. The summed E-state index contributed by atoms with van der Waals surface area (Å²) in [7, 11) is -5.03. The number of carbonyl (C=O) groups is 1. The number of aliphatic hydroxyl groups is 5. The molecule has 0 aromatic heterocycles. The van der Waals surface area contributed by atoms with Gasteiger partial charge in [-0.2, -0.15) is 0 Å². The fraction of sp³-hybridized carbons (Fsp3) is 0.812. The van der Waals surface area contributed by atoms with Gasteiger partial charge in [-0.25, -0.2) is 4.57 Å². The van der Waals surface area contributed by atoms with Crippen LogP contribution in [0.25, 0.3) is 0 Å². The van der Waals surface area contributed by atoms with Crippen LogP contribution in [0.3, 0.4) is 0 Å². The lowest BCUT2D eigenvalue weighted by Crippen LogP contribution is -2.64. The first-order valence-electron chi connectivity index (χ1n) is 24.0. The average molecular weight is 887 g/mol. The summed E-state index contributed by atoms with van der Waals surface area (Å²) in [5.74, 6) is -0.490. The molecule has 1 fully saturated rings. The predicted molar refractivity (Wildman–Crippen MR) is 244 cm³/mol. The molecule has 0 aromatic carbocycles. The molecule has 0 heterocycles. The summed E-state index contributed by atoms with van der Waals surface area (Å²) < 4.78 is 34.2. The molecule has 1 saturated carbocycles. The van der Waals surface area contributed by atoms with Crippen molar-refractivity contribution < 1.29 is 58.3 Å². The van der Waals surface area contributed by atoms with Crippen LogP contribution < -0.4 is 0 Å². The molecule has 0 aromatic rings. The maximum absolute atomic E-state index is 12.8. The molecule has 61 heavy (non-hydrogen) atoms. The smallest absolute Gasteiger partial charge is 0.457 e. The number of rotatable bonds is 40. The van der Waals surface area contributed by atoms with E-state index in [1.165, 1.54) is 77.0 Å². The monoisotopic (exact) mass is 887 g/mol. The Labute approximate surface area is 369 Å². The first kappa shape index (κ1) is 57.3. The molecule has 0 spiro atoms. The molecular weight excluding hydrogens is 799 g/mol. The Morgan fingerprint density at radius 2 is 0.918 bits per heavy atom. The van der Waals surface area contributed by atoms with E-state index in [1.807, 2.05) is 0 Å². The quantitative estimate of drug-likeness (QED) is 0.0148. The van der Waals surface area contributed by atoms with E-state index in [2.05, 4.69) is 62.5 Å². The molecule has 1 aliphatic carbocycles. The van der Waals surface area contributed by atoms with Crippen LogP contribution in [0, 0.1) is 0 Å². The first-order valence-corrected chi connectivity index (χ1v) is 25.5. The van der Waals surface area contributed by atoms with E-state index >= 15 is 0 Å². The van der Waals surface area contributed by atoms with Crippen LogP contribution in [-0.2, 0) is 27.9 Å². The lowest BCUT2D eigenvalue weighted by molar-refractivity contribution is -0.220. The molecule has 6 unspecified atom stereocenters. The highest BCUT2D eigenvalue weighted by Crippen LogP contribution is 2.47. The summed E-state index contributed by atoms with van der Waals surface area (Å²) in [5.41, 5.74) is 0. The number of phosphoric acid groups is 1. The summed E-state index contributed by atoms with van der Waals surface area (Å²) in [6.45, 7) is 4.19. The summed E-state index contributed by atoms with van der Waals surface area (Å²) in [6.07, 6.45) is 34.5. The molecule has 12 nitrogen and oxygen atoms in total. The van der Waals surface area contributed by atoms with Gasteiger partial charge in [-0.1, -0.05) is 152 Å². The van der Waals surface area contributed by atoms with Crippen molar-refractivity contribution in [2.24, 2.45) is 0 Å². The third-order valence-corrected chi connectivity index (χ3v) is 11.9. The number of allylic oxidation sites excluding steroid dienone is 8. The van der Waals surface area contributed by atoms with E-state index in [9.17, 15) is 39.8 Å². The van der Waals surface area contributed by atoms with Gasteiger partial charge in [-0.3, -0.25) is 13.8 Å². The molecular formula is C48H87O12P. The first-order chi connectivity index (χ1) is 29.5. The zero-order valence-corrected chi connectivity index (χ0v) is 38.8. The van der Waals surface area contributed by atoms with Crippen molar-refractivity contribution in [3.63, 3.8) is 0 Å². The Kier molecular flexibility index (Phi) is 36.4. The minimum atomic E-state index is -5.03. The zero-order valence-electron chi connectivity index (χ0n) is 38.0. The fourth-order valence-corrected chi connectivity index (χ4v) is 8.03. The number of hydrogen-bond donors (Lipinski definition) is 6. The highest BCUT2D eigenvalue weighted by atomic mass is 31.2. The van der Waals surface area contributed by atoms with Crippen molar-refractivity contribution >= 4 is 13.8 Å². The number of hydrogen-bond acceptors (Lipinski definition) is 11. The second-order valence-corrected chi connectivity index (χ2v) is 18.0. The lowest BCUT2D eigenvalue weighted by atomic mass is 9.85. The molecule has 6 atom stereocenters. The normalized spacial score (nSPS) is 22.6.